The minimum atomic E-state index is -4.34. The van der Waals surface area contributed by atoms with E-state index >= 15 is 0 Å². The fourth-order valence-electron chi connectivity index (χ4n) is 1.07. The summed E-state index contributed by atoms with van der Waals surface area (Å²) in [7, 11) is 0. The molecule has 0 rings (SSSR count). The summed E-state index contributed by atoms with van der Waals surface area (Å²) in [6.07, 6.45) is -3.48. The van der Waals surface area contributed by atoms with Gasteiger partial charge in [-0.2, -0.15) is 8.78 Å². The van der Waals surface area contributed by atoms with Crippen molar-refractivity contribution in [2.45, 2.75) is 25.7 Å². The highest BCUT2D eigenvalue weighted by Gasteiger charge is 2.41. The molecule has 0 aliphatic carbocycles. The van der Waals surface area contributed by atoms with E-state index in [1.165, 1.54) is 0 Å². The van der Waals surface area contributed by atoms with Gasteiger partial charge in [-0.05, 0) is 6.42 Å². The molecular formula is C9H14F4N2O3. The van der Waals surface area contributed by atoms with Gasteiger partial charge in [-0.3, -0.25) is 4.79 Å². The van der Waals surface area contributed by atoms with Gasteiger partial charge < -0.3 is 15.3 Å². The molecular weight excluding hydrogens is 260 g/mol. The molecule has 0 aromatic rings. The fraction of sp³-hybridized carbons (Fsp3) is 0.778. The van der Waals surface area contributed by atoms with E-state index in [1.807, 2.05) is 0 Å². The molecule has 0 heterocycles. The normalized spacial score (nSPS) is 11.4. The van der Waals surface area contributed by atoms with Crippen LogP contribution < -0.4 is 5.32 Å². The second-order valence-corrected chi connectivity index (χ2v) is 3.54. The van der Waals surface area contributed by atoms with Crippen LogP contribution in [0.15, 0.2) is 0 Å². The summed E-state index contributed by atoms with van der Waals surface area (Å²) in [5, 5.41) is 10.1. The van der Waals surface area contributed by atoms with Crippen molar-refractivity contribution in [1.29, 1.82) is 0 Å². The molecule has 18 heavy (non-hydrogen) atoms. The van der Waals surface area contributed by atoms with Crippen molar-refractivity contribution >= 4 is 12.0 Å². The number of hydrogen-bond donors (Lipinski definition) is 2. The number of carboxylic acids is 1. The largest absolute Gasteiger partial charge is 0.480 e. The smallest absolute Gasteiger partial charge is 0.324 e. The molecule has 2 amide bonds. The maximum absolute atomic E-state index is 12.5. The summed E-state index contributed by atoms with van der Waals surface area (Å²) in [6, 6.07) is -1.11. The van der Waals surface area contributed by atoms with Crippen LogP contribution in [0.25, 0.3) is 0 Å². The van der Waals surface area contributed by atoms with Crippen molar-refractivity contribution < 1.29 is 32.3 Å². The molecule has 0 atom stereocenters. The Bertz CT molecular complexity index is 300. The van der Waals surface area contributed by atoms with E-state index in [4.69, 9.17) is 5.11 Å². The first-order valence-corrected chi connectivity index (χ1v) is 5.11. The first-order valence-electron chi connectivity index (χ1n) is 5.11. The molecule has 2 N–H and O–H groups in total. The van der Waals surface area contributed by atoms with Crippen LogP contribution in [0, 0.1) is 0 Å². The Hall–Kier alpha value is -1.54. The lowest BCUT2D eigenvalue weighted by Gasteiger charge is -2.22. The summed E-state index contributed by atoms with van der Waals surface area (Å²) in [5.41, 5.74) is 0. The Balaban J connectivity index is 4.38. The van der Waals surface area contributed by atoms with E-state index in [-0.39, 0.29) is 6.54 Å². The number of rotatable bonds is 7. The predicted octanol–water partition coefficient (Wildman–Crippen LogP) is 1.39. The summed E-state index contributed by atoms with van der Waals surface area (Å²) in [5.74, 6) is -5.66. The predicted molar refractivity (Wildman–Crippen MR) is 53.8 cm³/mol. The Morgan fingerprint density at radius 2 is 1.94 bits per heavy atom. The Kier molecular flexibility index (Phi) is 6.42. The number of aliphatic carboxylic acids is 1. The number of alkyl halides is 4. The van der Waals surface area contributed by atoms with Gasteiger partial charge in [-0.25, -0.2) is 13.6 Å². The molecule has 0 aromatic carbocycles. The zero-order chi connectivity index (χ0) is 14.3. The van der Waals surface area contributed by atoms with Gasteiger partial charge in [0.25, 0.3) is 0 Å². The number of carbonyl (C=O) groups excluding carboxylic acids is 1. The number of nitrogens with zero attached hydrogens (tertiary/aromatic N) is 1. The Morgan fingerprint density at radius 1 is 1.39 bits per heavy atom. The Morgan fingerprint density at radius 3 is 2.33 bits per heavy atom. The van der Waals surface area contributed by atoms with Crippen LogP contribution in [0.1, 0.15) is 13.3 Å². The lowest BCUT2D eigenvalue weighted by Crippen LogP contribution is -2.48. The third kappa shape index (κ3) is 5.69. The van der Waals surface area contributed by atoms with E-state index in [0.29, 0.717) is 6.42 Å². The minimum absolute atomic E-state index is 0.0262. The standard InChI is InChI=1S/C9H14F4N2O3/c1-2-3-15(4-6(16)17)8(18)14-5-9(12,13)7(10)11/h7H,2-5H2,1H3,(H,14,18)(H,16,17). The van der Waals surface area contributed by atoms with Crippen LogP contribution in [-0.2, 0) is 4.79 Å². The van der Waals surface area contributed by atoms with Gasteiger partial charge in [0.05, 0.1) is 6.54 Å². The van der Waals surface area contributed by atoms with E-state index in [1.54, 1.807) is 12.2 Å². The van der Waals surface area contributed by atoms with E-state index in [9.17, 15) is 27.2 Å². The molecule has 0 saturated heterocycles. The average Bonchev–Trinajstić information content (AvgIpc) is 2.24. The van der Waals surface area contributed by atoms with Crippen LogP contribution in [-0.4, -0.2) is 54.0 Å². The number of amides is 2. The van der Waals surface area contributed by atoms with E-state index in [0.717, 1.165) is 4.90 Å². The van der Waals surface area contributed by atoms with Crippen molar-refractivity contribution in [3.8, 4) is 0 Å². The second-order valence-electron chi connectivity index (χ2n) is 3.54. The summed E-state index contributed by atoms with van der Waals surface area (Å²) < 4.78 is 48.7. The van der Waals surface area contributed by atoms with Gasteiger partial charge in [0.2, 0.25) is 0 Å². The molecule has 9 heteroatoms. The molecule has 0 radical (unpaired) electrons. The highest BCUT2D eigenvalue weighted by molar-refractivity contribution is 5.80. The van der Waals surface area contributed by atoms with Crippen molar-refractivity contribution in [2.75, 3.05) is 19.6 Å². The van der Waals surface area contributed by atoms with Crippen LogP contribution in [0.4, 0.5) is 22.4 Å². The highest BCUT2D eigenvalue weighted by Crippen LogP contribution is 2.21. The zero-order valence-electron chi connectivity index (χ0n) is 9.63. The van der Waals surface area contributed by atoms with Gasteiger partial charge in [0.1, 0.15) is 6.54 Å². The van der Waals surface area contributed by atoms with Crippen LogP contribution in [0.3, 0.4) is 0 Å². The number of halogens is 4. The third-order valence-corrected chi connectivity index (χ3v) is 1.90. The molecule has 0 spiro atoms. The monoisotopic (exact) mass is 274 g/mol. The number of urea groups is 1. The molecule has 106 valence electrons. The fourth-order valence-corrected chi connectivity index (χ4v) is 1.07. The Labute approximate surface area is 101 Å². The van der Waals surface area contributed by atoms with Gasteiger partial charge in [0.15, 0.2) is 0 Å². The summed E-state index contributed by atoms with van der Waals surface area (Å²) in [6.45, 7) is -0.544. The quantitative estimate of drug-likeness (QED) is 0.689. The van der Waals surface area contributed by atoms with Crippen molar-refractivity contribution in [3.63, 3.8) is 0 Å². The van der Waals surface area contributed by atoms with Gasteiger partial charge >= 0.3 is 24.3 Å². The molecule has 0 aliphatic rings. The van der Waals surface area contributed by atoms with Gasteiger partial charge in [-0.1, -0.05) is 6.92 Å². The van der Waals surface area contributed by atoms with Crippen LogP contribution >= 0.6 is 0 Å². The van der Waals surface area contributed by atoms with E-state index < -0.39 is 37.4 Å². The summed E-state index contributed by atoms with van der Waals surface area (Å²) in [4.78, 5) is 22.5. The first kappa shape index (κ1) is 16.5. The second kappa shape index (κ2) is 7.02. The highest BCUT2D eigenvalue weighted by atomic mass is 19.3. The van der Waals surface area contributed by atoms with Gasteiger partial charge in [0, 0.05) is 6.54 Å². The average molecular weight is 274 g/mol. The van der Waals surface area contributed by atoms with Gasteiger partial charge in [-0.15, -0.1) is 0 Å². The number of carboxylic acid groups (broad SMARTS) is 1. The molecule has 0 saturated carbocycles. The van der Waals surface area contributed by atoms with Crippen molar-refractivity contribution in [2.24, 2.45) is 0 Å². The minimum Gasteiger partial charge on any atom is -0.480 e. The maximum Gasteiger partial charge on any atom is 0.324 e. The number of carbonyl (C=O) groups is 2. The number of hydrogen-bond acceptors (Lipinski definition) is 2. The SMILES string of the molecule is CCCN(CC(=O)O)C(=O)NCC(F)(F)C(F)F. The first-order chi connectivity index (χ1) is 8.20. The van der Waals surface area contributed by atoms with Crippen LogP contribution in [0.5, 0.6) is 0 Å². The topological polar surface area (TPSA) is 69.6 Å². The molecule has 0 fully saturated rings. The number of nitrogens with one attached hydrogen (secondary N) is 1. The molecule has 0 aromatic heterocycles. The zero-order valence-corrected chi connectivity index (χ0v) is 9.63. The summed E-state index contributed by atoms with van der Waals surface area (Å²) >= 11 is 0. The molecule has 5 nitrogen and oxygen atoms in total. The maximum atomic E-state index is 12.5. The molecule has 0 aliphatic heterocycles. The van der Waals surface area contributed by atoms with Crippen molar-refractivity contribution in [1.82, 2.24) is 10.2 Å². The van der Waals surface area contributed by atoms with E-state index in [2.05, 4.69) is 0 Å². The third-order valence-electron chi connectivity index (χ3n) is 1.90. The van der Waals surface area contributed by atoms with Crippen molar-refractivity contribution in [3.05, 3.63) is 0 Å². The lowest BCUT2D eigenvalue weighted by molar-refractivity contribution is -0.137. The lowest BCUT2D eigenvalue weighted by atomic mass is 10.3. The van der Waals surface area contributed by atoms with Crippen LogP contribution in [0.2, 0.25) is 0 Å². The molecule has 0 bridgehead atoms. The molecule has 0 unspecified atom stereocenters.